The van der Waals surface area contributed by atoms with Crippen molar-refractivity contribution in [3.8, 4) is 0 Å². The molecule has 2 aromatic carbocycles. The number of rotatable bonds is 6. The number of likely N-dealkylation sites (N-methyl/N-ethyl adjacent to an activating group) is 1. The molecule has 0 aliphatic carbocycles. The van der Waals surface area contributed by atoms with Crippen LogP contribution in [-0.4, -0.2) is 31.4 Å². The van der Waals surface area contributed by atoms with Crippen molar-refractivity contribution >= 4 is 12.0 Å². The molecule has 0 saturated heterocycles. The molecule has 0 aromatic heterocycles. The van der Waals surface area contributed by atoms with Gasteiger partial charge in [-0.3, -0.25) is 4.79 Å². The zero-order chi connectivity index (χ0) is 19.2. The Balaban J connectivity index is 1.99. The van der Waals surface area contributed by atoms with Crippen molar-refractivity contribution in [1.29, 1.82) is 0 Å². The Bertz CT molecular complexity index is 755. The van der Waals surface area contributed by atoms with Crippen LogP contribution in [0.5, 0.6) is 0 Å². The van der Waals surface area contributed by atoms with Crippen molar-refractivity contribution in [3.05, 3.63) is 77.4 Å². The lowest BCUT2D eigenvalue weighted by Crippen LogP contribution is -2.33. The highest BCUT2D eigenvalue weighted by Crippen LogP contribution is 2.29. The number of hydrogen-bond donors (Lipinski definition) is 1. The number of halogens is 3. The van der Waals surface area contributed by atoms with Gasteiger partial charge in [-0.15, -0.1) is 0 Å². The van der Waals surface area contributed by atoms with Gasteiger partial charge in [0.15, 0.2) is 0 Å². The second-order valence-corrected chi connectivity index (χ2v) is 6.09. The van der Waals surface area contributed by atoms with Gasteiger partial charge in [0.05, 0.1) is 11.6 Å². The van der Waals surface area contributed by atoms with Gasteiger partial charge >= 0.3 is 6.18 Å². The number of hydrogen-bond acceptors (Lipinski definition) is 2. The highest BCUT2D eigenvalue weighted by atomic mass is 19.4. The van der Waals surface area contributed by atoms with Crippen molar-refractivity contribution in [2.24, 2.45) is 0 Å². The van der Waals surface area contributed by atoms with E-state index in [0.29, 0.717) is 12.1 Å². The minimum absolute atomic E-state index is 0.00195. The van der Waals surface area contributed by atoms with Gasteiger partial charge < -0.3 is 10.2 Å². The molecule has 1 unspecified atom stereocenters. The second-order valence-electron chi connectivity index (χ2n) is 6.09. The van der Waals surface area contributed by atoms with Crippen LogP contribution >= 0.6 is 0 Å². The maximum Gasteiger partial charge on any atom is 0.416 e. The zero-order valence-corrected chi connectivity index (χ0v) is 14.6. The van der Waals surface area contributed by atoms with E-state index in [4.69, 9.17) is 0 Å². The molecule has 0 spiro atoms. The average molecular weight is 362 g/mol. The lowest BCUT2D eigenvalue weighted by Gasteiger charge is -2.24. The molecule has 0 radical (unpaired) electrons. The molecular formula is C20H21F3N2O. The van der Waals surface area contributed by atoms with E-state index >= 15 is 0 Å². The monoisotopic (exact) mass is 362 g/mol. The third-order valence-corrected chi connectivity index (χ3v) is 3.92. The number of carbonyl (C=O) groups excluding carboxylic acids is 1. The summed E-state index contributed by atoms with van der Waals surface area (Å²) in [5.74, 6) is -0.356. The molecule has 2 aromatic rings. The lowest BCUT2D eigenvalue weighted by atomic mass is 10.1. The molecule has 0 aliphatic heterocycles. The Morgan fingerprint density at radius 2 is 1.81 bits per heavy atom. The fourth-order valence-corrected chi connectivity index (χ4v) is 2.52. The normalized spacial score (nSPS) is 13.2. The number of alkyl halides is 3. The van der Waals surface area contributed by atoms with Gasteiger partial charge in [0.1, 0.15) is 0 Å². The van der Waals surface area contributed by atoms with E-state index in [1.54, 1.807) is 0 Å². The fourth-order valence-electron chi connectivity index (χ4n) is 2.52. The van der Waals surface area contributed by atoms with Gasteiger partial charge in [-0.2, -0.15) is 13.2 Å². The molecular weight excluding hydrogens is 341 g/mol. The van der Waals surface area contributed by atoms with Crippen LogP contribution in [0.4, 0.5) is 13.2 Å². The van der Waals surface area contributed by atoms with Crippen LogP contribution < -0.4 is 5.32 Å². The summed E-state index contributed by atoms with van der Waals surface area (Å²) >= 11 is 0. The first-order valence-corrected chi connectivity index (χ1v) is 8.12. The minimum atomic E-state index is -4.40. The molecule has 0 aliphatic rings. The first-order chi connectivity index (χ1) is 12.3. The predicted octanol–water partition coefficient (Wildman–Crippen LogP) is 4.14. The summed E-state index contributed by atoms with van der Waals surface area (Å²) in [6.07, 6.45) is -1.79. The van der Waals surface area contributed by atoms with Crippen molar-refractivity contribution < 1.29 is 18.0 Å². The molecule has 3 nitrogen and oxygen atoms in total. The maximum absolute atomic E-state index is 12.7. The second kappa shape index (κ2) is 8.67. The third-order valence-electron chi connectivity index (χ3n) is 3.92. The molecule has 0 saturated carbocycles. The van der Waals surface area contributed by atoms with Crippen LogP contribution in [-0.2, 0) is 11.0 Å². The van der Waals surface area contributed by atoms with E-state index in [-0.39, 0.29) is 11.9 Å². The van der Waals surface area contributed by atoms with E-state index in [1.807, 2.05) is 49.3 Å². The Kier molecular flexibility index (Phi) is 6.58. The van der Waals surface area contributed by atoms with Crippen LogP contribution in [0.15, 0.2) is 60.7 Å². The summed E-state index contributed by atoms with van der Waals surface area (Å²) in [6.45, 7) is 0.392. The Labute approximate surface area is 151 Å². The molecule has 0 bridgehead atoms. The highest BCUT2D eigenvalue weighted by Gasteiger charge is 2.30. The number of carbonyl (C=O) groups is 1. The van der Waals surface area contributed by atoms with Crippen LogP contribution in [0.25, 0.3) is 6.08 Å². The van der Waals surface area contributed by atoms with E-state index < -0.39 is 11.7 Å². The Hall–Kier alpha value is -2.60. The van der Waals surface area contributed by atoms with Gasteiger partial charge in [0.25, 0.3) is 0 Å². The highest BCUT2D eigenvalue weighted by molar-refractivity contribution is 5.91. The first kappa shape index (κ1) is 19.7. The quantitative estimate of drug-likeness (QED) is 0.784. The van der Waals surface area contributed by atoms with Crippen LogP contribution in [0.3, 0.4) is 0 Å². The predicted molar refractivity (Wildman–Crippen MR) is 96.4 cm³/mol. The third kappa shape index (κ3) is 5.74. The smallest absolute Gasteiger partial charge is 0.351 e. The molecule has 26 heavy (non-hydrogen) atoms. The van der Waals surface area contributed by atoms with E-state index in [0.717, 1.165) is 17.7 Å². The van der Waals surface area contributed by atoms with Gasteiger partial charge in [0.2, 0.25) is 5.91 Å². The standard InChI is InChI=1S/C20H21F3N2O/c1-25(2)18(16-8-4-3-5-9-16)14-24-19(26)12-11-15-7-6-10-17(13-15)20(21,22)23/h3-13,18H,14H2,1-2H3,(H,24,26)/b12-11+. The average Bonchev–Trinajstić information content (AvgIpc) is 2.60. The molecule has 0 fully saturated rings. The van der Waals surface area contributed by atoms with Crippen molar-refractivity contribution in [2.75, 3.05) is 20.6 Å². The summed E-state index contributed by atoms with van der Waals surface area (Å²) in [7, 11) is 3.84. The topological polar surface area (TPSA) is 32.3 Å². The Morgan fingerprint density at radius 1 is 1.12 bits per heavy atom. The van der Waals surface area contributed by atoms with E-state index in [1.165, 1.54) is 24.3 Å². The number of nitrogens with one attached hydrogen (secondary N) is 1. The van der Waals surface area contributed by atoms with Gasteiger partial charge in [-0.1, -0.05) is 42.5 Å². The van der Waals surface area contributed by atoms with Gasteiger partial charge in [0, 0.05) is 12.6 Å². The van der Waals surface area contributed by atoms with Crippen LogP contribution in [0, 0.1) is 0 Å². The van der Waals surface area contributed by atoms with E-state index in [2.05, 4.69) is 5.32 Å². The summed E-state index contributed by atoms with van der Waals surface area (Å²) < 4.78 is 38.1. The maximum atomic E-state index is 12.7. The van der Waals surface area contributed by atoms with Crippen LogP contribution in [0.2, 0.25) is 0 Å². The molecule has 1 atom stereocenters. The summed E-state index contributed by atoms with van der Waals surface area (Å²) in [5.41, 5.74) is 0.652. The summed E-state index contributed by atoms with van der Waals surface area (Å²) in [6, 6.07) is 14.6. The largest absolute Gasteiger partial charge is 0.416 e. The van der Waals surface area contributed by atoms with Crippen LogP contribution in [0.1, 0.15) is 22.7 Å². The SMILES string of the molecule is CN(C)C(CNC(=O)/C=C/c1cccc(C(F)(F)F)c1)c1ccccc1. The summed E-state index contributed by atoms with van der Waals surface area (Å²) in [5, 5.41) is 2.79. The Morgan fingerprint density at radius 3 is 2.42 bits per heavy atom. The molecule has 1 amide bonds. The zero-order valence-electron chi connectivity index (χ0n) is 14.6. The van der Waals surface area contributed by atoms with Crippen molar-refractivity contribution in [1.82, 2.24) is 10.2 Å². The summed E-state index contributed by atoms with van der Waals surface area (Å²) in [4.78, 5) is 14.0. The fraction of sp³-hybridized carbons (Fsp3) is 0.250. The molecule has 2 rings (SSSR count). The molecule has 138 valence electrons. The number of amides is 1. The first-order valence-electron chi connectivity index (χ1n) is 8.12. The van der Waals surface area contributed by atoms with Gasteiger partial charge in [-0.25, -0.2) is 0 Å². The van der Waals surface area contributed by atoms with E-state index in [9.17, 15) is 18.0 Å². The molecule has 6 heteroatoms. The van der Waals surface area contributed by atoms with Crippen molar-refractivity contribution in [3.63, 3.8) is 0 Å². The molecule has 0 heterocycles. The van der Waals surface area contributed by atoms with Crippen molar-refractivity contribution in [2.45, 2.75) is 12.2 Å². The minimum Gasteiger partial charge on any atom is -0.351 e. The molecule has 1 N–H and O–H groups in total. The number of nitrogens with zero attached hydrogens (tertiary/aromatic N) is 1. The number of benzene rings is 2. The lowest BCUT2D eigenvalue weighted by molar-refractivity contribution is -0.137. The van der Waals surface area contributed by atoms with Gasteiger partial charge in [-0.05, 0) is 43.4 Å².